The summed E-state index contributed by atoms with van der Waals surface area (Å²) in [7, 11) is 1.29. The van der Waals surface area contributed by atoms with E-state index in [2.05, 4.69) is 15.0 Å². The number of rotatable bonds is 5. The summed E-state index contributed by atoms with van der Waals surface area (Å²) in [5, 5.41) is 12.1. The van der Waals surface area contributed by atoms with E-state index in [4.69, 9.17) is 5.11 Å². The zero-order valence-electron chi connectivity index (χ0n) is 9.97. The summed E-state index contributed by atoms with van der Waals surface area (Å²) >= 11 is 0. The lowest BCUT2D eigenvalue weighted by Gasteiger charge is -2.12. The first-order valence-electron chi connectivity index (χ1n) is 5.59. The lowest BCUT2D eigenvalue weighted by Crippen LogP contribution is -2.24. The van der Waals surface area contributed by atoms with Gasteiger partial charge in [0, 0.05) is 18.4 Å². The van der Waals surface area contributed by atoms with Crippen LogP contribution in [0.5, 0.6) is 0 Å². The maximum atomic E-state index is 11.3. The van der Waals surface area contributed by atoms with Gasteiger partial charge in [0.2, 0.25) is 0 Å². The summed E-state index contributed by atoms with van der Waals surface area (Å²) in [4.78, 5) is 26.2. The highest BCUT2D eigenvalue weighted by atomic mass is 16.5. The number of anilines is 1. The molecule has 0 amide bonds. The van der Waals surface area contributed by atoms with E-state index in [1.165, 1.54) is 13.3 Å². The standard InChI is InChI=1S/C12H14N2O4/c1-18-10(15)9-6-8(2-5-13-9)14-7-12(3-4-12)11(16)17/h2,5-6H,3-4,7H2,1H3,(H,13,14)(H,16,17). The Morgan fingerprint density at radius 3 is 2.83 bits per heavy atom. The van der Waals surface area contributed by atoms with Gasteiger partial charge in [-0.1, -0.05) is 0 Å². The number of hydrogen-bond donors (Lipinski definition) is 2. The molecule has 1 aliphatic carbocycles. The van der Waals surface area contributed by atoms with Crippen LogP contribution < -0.4 is 5.32 Å². The molecule has 0 saturated heterocycles. The summed E-state index contributed by atoms with van der Waals surface area (Å²) in [5.74, 6) is -1.30. The van der Waals surface area contributed by atoms with Crippen LogP contribution >= 0.6 is 0 Å². The third-order valence-corrected chi connectivity index (χ3v) is 3.09. The minimum atomic E-state index is -0.780. The van der Waals surface area contributed by atoms with Crippen molar-refractivity contribution in [3.8, 4) is 0 Å². The molecule has 0 aliphatic heterocycles. The molecule has 1 saturated carbocycles. The molecule has 0 bridgehead atoms. The van der Waals surface area contributed by atoms with Crippen LogP contribution in [0.2, 0.25) is 0 Å². The number of aliphatic carboxylic acids is 1. The first-order chi connectivity index (χ1) is 8.57. The minimum Gasteiger partial charge on any atom is -0.481 e. The molecule has 0 atom stereocenters. The molecule has 2 N–H and O–H groups in total. The van der Waals surface area contributed by atoms with E-state index in [-0.39, 0.29) is 5.69 Å². The number of pyridine rings is 1. The van der Waals surface area contributed by atoms with Gasteiger partial charge in [-0.15, -0.1) is 0 Å². The summed E-state index contributed by atoms with van der Waals surface area (Å²) < 4.78 is 4.56. The predicted octanol–water partition coefficient (Wildman–Crippen LogP) is 1.14. The van der Waals surface area contributed by atoms with Crippen molar-refractivity contribution < 1.29 is 19.4 Å². The van der Waals surface area contributed by atoms with Crippen LogP contribution in [0.1, 0.15) is 23.3 Å². The van der Waals surface area contributed by atoms with Crippen molar-refractivity contribution in [2.45, 2.75) is 12.8 Å². The van der Waals surface area contributed by atoms with Crippen LogP contribution in [-0.4, -0.2) is 35.7 Å². The molecule has 6 heteroatoms. The number of nitrogens with one attached hydrogen (secondary N) is 1. The lowest BCUT2D eigenvalue weighted by atomic mass is 10.1. The van der Waals surface area contributed by atoms with Crippen LogP contribution in [-0.2, 0) is 9.53 Å². The second kappa shape index (κ2) is 4.64. The van der Waals surface area contributed by atoms with Gasteiger partial charge < -0.3 is 15.2 Å². The molecular weight excluding hydrogens is 236 g/mol. The van der Waals surface area contributed by atoms with Crippen LogP contribution in [0.3, 0.4) is 0 Å². The molecule has 0 spiro atoms. The Bertz CT molecular complexity index is 483. The topological polar surface area (TPSA) is 88.5 Å². The normalized spacial score (nSPS) is 15.8. The second-order valence-electron chi connectivity index (χ2n) is 4.36. The average Bonchev–Trinajstić information content (AvgIpc) is 3.17. The fourth-order valence-corrected chi connectivity index (χ4v) is 1.65. The molecule has 18 heavy (non-hydrogen) atoms. The molecule has 6 nitrogen and oxygen atoms in total. The van der Waals surface area contributed by atoms with E-state index < -0.39 is 17.4 Å². The molecule has 0 unspecified atom stereocenters. The first-order valence-corrected chi connectivity index (χ1v) is 5.59. The predicted molar refractivity (Wildman–Crippen MR) is 63.4 cm³/mol. The van der Waals surface area contributed by atoms with Crippen LogP contribution in [0, 0.1) is 5.41 Å². The van der Waals surface area contributed by atoms with E-state index in [1.807, 2.05) is 0 Å². The Hall–Kier alpha value is -2.11. The van der Waals surface area contributed by atoms with Crippen molar-refractivity contribution in [1.29, 1.82) is 0 Å². The van der Waals surface area contributed by atoms with E-state index in [0.29, 0.717) is 25.1 Å². The molecule has 96 valence electrons. The Morgan fingerprint density at radius 1 is 1.56 bits per heavy atom. The van der Waals surface area contributed by atoms with E-state index in [9.17, 15) is 9.59 Å². The highest BCUT2D eigenvalue weighted by molar-refractivity contribution is 5.88. The van der Waals surface area contributed by atoms with Gasteiger partial charge in [0.15, 0.2) is 0 Å². The van der Waals surface area contributed by atoms with Crippen molar-refractivity contribution >= 4 is 17.6 Å². The summed E-state index contributed by atoms with van der Waals surface area (Å²) in [6, 6.07) is 3.23. The van der Waals surface area contributed by atoms with Gasteiger partial charge in [0.25, 0.3) is 0 Å². The van der Waals surface area contributed by atoms with Gasteiger partial charge in [-0.3, -0.25) is 4.79 Å². The molecule has 1 aliphatic rings. The van der Waals surface area contributed by atoms with E-state index in [1.54, 1.807) is 12.1 Å². The lowest BCUT2D eigenvalue weighted by molar-refractivity contribution is -0.142. The van der Waals surface area contributed by atoms with Crippen LogP contribution in [0.4, 0.5) is 5.69 Å². The summed E-state index contributed by atoms with van der Waals surface area (Å²) in [6.07, 6.45) is 2.85. The van der Waals surface area contributed by atoms with Gasteiger partial charge in [-0.25, -0.2) is 9.78 Å². The highest BCUT2D eigenvalue weighted by Crippen LogP contribution is 2.45. The quantitative estimate of drug-likeness (QED) is 0.762. The van der Waals surface area contributed by atoms with Crippen LogP contribution in [0.25, 0.3) is 0 Å². The fourth-order valence-electron chi connectivity index (χ4n) is 1.65. The molecule has 0 aromatic carbocycles. The number of carboxylic acids is 1. The number of methoxy groups -OCH3 is 1. The van der Waals surface area contributed by atoms with Gasteiger partial charge >= 0.3 is 11.9 Å². The summed E-state index contributed by atoms with van der Waals surface area (Å²) in [5.41, 5.74) is 0.218. The average molecular weight is 250 g/mol. The van der Waals surface area contributed by atoms with Crippen molar-refractivity contribution in [3.05, 3.63) is 24.0 Å². The smallest absolute Gasteiger partial charge is 0.356 e. The largest absolute Gasteiger partial charge is 0.481 e. The Morgan fingerprint density at radius 2 is 2.28 bits per heavy atom. The van der Waals surface area contributed by atoms with Gasteiger partial charge in [-0.05, 0) is 25.0 Å². The number of carbonyl (C=O) groups excluding carboxylic acids is 1. The summed E-state index contributed by atoms with van der Waals surface area (Å²) in [6.45, 7) is 0.354. The molecule has 2 rings (SSSR count). The van der Waals surface area contributed by atoms with Crippen molar-refractivity contribution in [1.82, 2.24) is 4.98 Å². The molecule has 0 radical (unpaired) electrons. The van der Waals surface area contributed by atoms with E-state index >= 15 is 0 Å². The molecule has 1 aromatic heterocycles. The van der Waals surface area contributed by atoms with Crippen molar-refractivity contribution in [2.24, 2.45) is 5.41 Å². The molecule has 1 aromatic rings. The number of carboxylic acid groups (broad SMARTS) is 1. The highest BCUT2D eigenvalue weighted by Gasteiger charge is 2.49. The Kier molecular flexibility index (Phi) is 3.18. The van der Waals surface area contributed by atoms with Gasteiger partial charge in [0.05, 0.1) is 12.5 Å². The zero-order valence-corrected chi connectivity index (χ0v) is 9.97. The molecule has 1 heterocycles. The maximum Gasteiger partial charge on any atom is 0.356 e. The number of hydrogen-bond acceptors (Lipinski definition) is 5. The minimum absolute atomic E-state index is 0.197. The van der Waals surface area contributed by atoms with Crippen molar-refractivity contribution in [2.75, 3.05) is 19.0 Å². The monoisotopic (exact) mass is 250 g/mol. The van der Waals surface area contributed by atoms with E-state index in [0.717, 1.165) is 0 Å². The molecule has 1 fully saturated rings. The second-order valence-corrected chi connectivity index (χ2v) is 4.36. The zero-order chi connectivity index (χ0) is 13.2. The number of carbonyl (C=O) groups is 2. The Balaban J connectivity index is 2.02. The maximum absolute atomic E-state index is 11.3. The number of nitrogens with zero attached hydrogens (tertiary/aromatic N) is 1. The SMILES string of the molecule is COC(=O)c1cc(NCC2(C(=O)O)CC2)ccn1. The third-order valence-electron chi connectivity index (χ3n) is 3.09. The number of esters is 1. The molecular formula is C12H14N2O4. The van der Waals surface area contributed by atoms with Crippen LogP contribution in [0.15, 0.2) is 18.3 Å². The number of aromatic nitrogens is 1. The fraction of sp³-hybridized carbons (Fsp3) is 0.417. The Labute approximate surface area is 104 Å². The van der Waals surface area contributed by atoms with Crippen molar-refractivity contribution in [3.63, 3.8) is 0 Å². The van der Waals surface area contributed by atoms with Gasteiger partial charge in [-0.2, -0.15) is 0 Å². The van der Waals surface area contributed by atoms with Gasteiger partial charge in [0.1, 0.15) is 5.69 Å². The number of ether oxygens (including phenoxy) is 1. The third kappa shape index (κ3) is 2.42. The first kappa shape index (κ1) is 12.3.